The monoisotopic (exact) mass is 249 g/mol. The lowest BCUT2D eigenvalue weighted by molar-refractivity contribution is -0.120. The highest BCUT2D eigenvalue weighted by Crippen LogP contribution is 2.14. The molecule has 1 amide bonds. The Labute approximate surface area is 107 Å². The van der Waals surface area contributed by atoms with Crippen molar-refractivity contribution >= 4 is 18.0 Å². The second-order valence-electron chi connectivity index (χ2n) is 4.27. The van der Waals surface area contributed by atoms with Crippen LogP contribution in [-0.2, 0) is 4.79 Å². The molecule has 5 nitrogen and oxygen atoms in total. The quantitative estimate of drug-likeness (QED) is 0.771. The molecule has 0 unspecified atom stereocenters. The van der Waals surface area contributed by atoms with E-state index in [9.17, 15) is 9.59 Å². The number of anilines is 1. The van der Waals surface area contributed by atoms with E-state index in [1.165, 1.54) is 0 Å². The molecule has 0 atom stereocenters. The zero-order chi connectivity index (χ0) is 13.5. The first-order valence-corrected chi connectivity index (χ1v) is 6.03. The van der Waals surface area contributed by atoms with E-state index in [0.29, 0.717) is 17.9 Å². The molecule has 1 aromatic heterocycles. The van der Waals surface area contributed by atoms with Crippen LogP contribution in [0, 0.1) is 0 Å². The number of nitrogens with zero attached hydrogens (tertiary/aromatic N) is 2. The zero-order valence-electron chi connectivity index (χ0n) is 11.0. The van der Waals surface area contributed by atoms with Gasteiger partial charge in [-0.2, -0.15) is 0 Å². The van der Waals surface area contributed by atoms with Crippen LogP contribution in [0.4, 0.5) is 5.82 Å². The van der Waals surface area contributed by atoms with Crippen molar-refractivity contribution in [2.75, 3.05) is 18.0 Å². The van der Waals surface area contributed by atoms with Crippen LogP contribution in [0.15, 0.2) is 18.3 Å². The van der Waals surface area contributed by atoms with Crippen LogP contribution >= 0.6 is 0 Å². The summed E-state index contributed by atoms with van der Waals surface area (Å²) < 4.78 is 0. The summed E-state index contributed by atoms with van der Waals surface area (Å²) >= 11 is 0. The number of amides is 1. The summed E-state index contributed by atoms with van der Waals surface area (Å²) in [5.74, 6) is 0.475. The number of carbonyl (C=O) groups excluding carboxylic acids is 2. The van der Waals surface area contributed by atoms with Crippen molar-refractivity contribution in [2.45, 2.75) is 26.8 Å². The predicted octanol–water partition coefficient (Wildman–Crippen LogP) is 1.24. The van der Waals surface area contributed by atoms with Gasteiger partial charge >= 0.3 is 0 Å². The Hall–Kier alpha value is -1.91. The highest BCUT2D eigenvalue weighted by Gasteiger charge is 2.14. The minimum Gasteiger partial charge on any atom is -0.352 e. The first kappa shape index (κ1) is 14.2. The molecule has 98 valence electrons. The summed E-state index contributed by atoms with van der Waals surface area (Å²) in [5.41, 5.74) is 0.497. The van der Waals surface area contributed by atoms with Gasteiger partial charge in [0.2, 0.25) is 5.91 Å². The van der Waals surface area contributed by atoms with E-state index in [0.717, 1.165) is 6.29 Å². The average Bonchev–Trinajstić information content (AvgIpc) is 2.35. The van der Waals surface area contributed by atoms with E-state index in [4.69, 9.17) is 0 Å². The van der Waals surface area contributed by atoms with Gasteiger partial charge in [0.25, 0.3) is 0 Å². The Balaban J connectivity index is 2.83. The van der Waals surface area contributed by atoms with Gasteiger partial charge in [0, 0.05) is 18.8 Å². The van der Waals surface area contributed by atoms with E-state index in [-0.39, 0.29) is 18.5 Å². The van der Waals surface area contributed by atoms with Gasteiger partial charge < -0.3 is 10.2 Å². The fraction of sp³-hybridized carbons (Fsp3) is 0.462. The van der Waals surface area contributed by atoms with Gasteiger partial charge in [-0.25, -0.2) is 4.98 Å². The molecule has 0 spiro atoms. The second-order valence-corrected chi connectivity index (χ2v) is 4.27. The minimum absolute atomic E-state index is 0.0747. The van der Waals surface area contributed by atoms with E-state index in [1.54, 1.807) is 23.2 Å². The normalized spacial score (nSPS) is 10.2. The third-order valence-electron chi connectivity index (χ3n) is 2.41. The van der Waals surface area contributed by atoms with E-state index >= 15 is 0 Å². The summed E-state index contributed by atoms with van der Waals surface area (Å²) in [4.78, 5) is 28.6. The molecule has 18 heavy (non-hydrogen) atoms. The van der Waals surface area contributed by atoms with E-state index < -0.39 is 0 Å². The zero-order valence-corrected chi connectivity index (χ0v) is 11.0. The van der Waals surface area contributed by atoms with Crippen LogP contribution in [0.25, 0.3) is 0 Å². The highest BCUT2D eigenvalue weighted by molar-refractivity contribution is 5.86. The molecule has 0 saturated carbocycles. The lowest BCUT2D eigenvalue weighted by Crippen LogP contribution is -2.40. The van der Waals surface area contributed by atoms with Gasteiger partial charge in [0.15, 0.2) is 6.29 Å². The number of aromatic nitrogens is 1. The number of rotatable bonds is 6. The standard InChI is InChI=1S/C13H19N3O2/c1-4-16(8-12(18)15-10(2)3)13-11(9-17)6-5-7-14-13/h5-7,9-10H,4,8H2,1-3H3,(H,15,18). The first-order valence-electron chi connectivity index (χ1n) is 6.03. The maximum atomic E-state index is 11.7. The van der Waals surface area contributed by atoms with Gasteiger partial charge in [0.1, 0.15) is 5.82 Å². The lowest BCUT2D eigenvalue weighted by atomic mass is 10.2. The van der Waals surface area contributed by atoms with Crippen molar-refractivity contribution in [1.82, 2.24) is 10.3 Å². The number of carbonyl (C=O) groups is 2. The lowest BCUT2D eigenvalue weighted by Gasteiger charge is -2.23. The molecule has 0 saturated heterocycles. The van der Waals surface area contributed by atoms with Crippen LogP contribution in [0.3, 0.4) is 0 Å². The molecule has 0 aliphatic heterocycles. The average molecular weight is 249 g/mol. The number of aldehydes is 1. The molecule has 0 fully saturated rings. The molecule has 1 heterocycles. The molecule has 0 aliphatic carbocycles. The van der Waals surface area contributed by atoms with Gasteiger partial charge in [-0.05, 0) is 32.9 Å². The number of hydrogen-bond donors (Lipinski definition) is 1. The Bertz CT molecular complexity index is 418. The third-order valence-corrected chi connectivity index (χ3v) is 2.41. The van der Waals surface area contributed by atoms with Crippen LogP contribution < -0.4 is 10.2 Å². The summed E-state index contributed by atoms with van der Waals surface area (Å²) in [7, 11) is 0. The van der Waals surface area contributed by atoms with Crippen LogP contribution in [0.1, 0.15) is 31.1 Å². The van der Waals surface area contributed by atoms with Gasteiger partial charge in [-0.1, -0.05) is 0 Å². The smallest absolute Gasteiger partial charge is 0.239 e. The largest absolute Gasteiger partial charge is 0.352 e. The molecule has 0 aromatic carbocycles. The third kappa shape index (κ3) is 3.84. The predicted molar refractivity (Wildman–Crippen MR) is 70.8 cm³/mol. The van der Waals surface area contributed by atoms with Gasteiger partial charge in [0.05, 0.1) is 12.1 Å². The molecule has 5 heteroatoms. The van der Waals surface area contributed by atoms with Crippen LogP contribution in [0.5, 0.6) is 0 Å². The van der Waals surface area contributed by atoms with Crippen molar-refractivity contribution in [3.63, 3.8) is 0 Å². The van der Waals surface area contributed by atoms with E-state index in [2.05, 4.69) is 10.3 Å². The van der Waals surface area contributed by atoms with Crippen LogP contribution in [0.2, 0.25) is 0 Å². The van der Waals surface area contributed by atoms with Crippen molar-refractivity contribution in [3.05, 3.63) is 23.9 Å². The number of hydrogen-bond acceptors (Lipinski definition) is 4. The highest BCUT2D eigenvalue weighted by atomic mass is 16.2. The molecule has 0 radical (unpaired) electrons. The molecule has 0 aliphatic rings. The topological polar surface area (TPSA) is 62.3 Å². The molecule has 1 N–H and O–H groups in total. The molecule has 0 bridgehead atoms. The Morgan fingerprint density at radius 3 is 2.83 bits per heavy atom. The van der Waals surface area contributed by atoms with Crippen molar-refractivity contribution in [3.8, 4) is 0 Å². The fourth-order valence-electron chi connectivity index (χ4n) is 1.64. The van der Waals surface area contributed by atoms with Gasteiger partial charge in [-0.15, -0.1) is 0 Å². The second kappa shape index (κ2) is 6.74. The summed E-state index contributed by atoms with van der Waals surface area (Å²) in [6, 6.07) is 3.50. The van der Waals surface area contributed by atoms with E-state index in [1.807, 2.05) is 20.8 Å². The maximum Gasteiger partial charge on any atom is 0.239 e. The van der Waals surface area contributed by atoms with Crippen molar-refractivity contribution in [1.29, 1.82) is 0 Å². The molecular weight excluding hydrogens is 230 g/mol. The van der Waals surface area contributed by atoms with Crippen molar-refractivity contribution < 1.29 is 9.59 Å². The summed E-state index contributed by atoms with van der Waals surface area (Å²) in [6.45, 7) is 6.55. The molecule has 1 rings (SSSR count). The van der Waals surface area contributed by atoms with Crippen LogP contribution in [-0.4, -0.2) is 36.3 Å². The summed E-state index contributed by atoms with van der Waals surface area (Å²) in [6.07, 6.45) is 2.37. The summed E-state index contributed by atoms with van der Waals surface area (Å²) in [5, 5.41) is 2.82. The molecule has 1 aromatic rings. The minimum atomic E-state index is -0.0747. The number of likely N-dealkylation sites (N-methyl/N-ethyl adjacent to an activating group) is 1. The SMILES string of the molecule is CCN(CC(=O)NC(C)C)c1ncccc1C=O. The van der Waals surface area contributed by atoms with Gasteiger partial charge in [-0.3, -0.25) is 9.59 Å². The Morgan fingerprint density at radius 2 is 2.28 bits per heavy atom. The fourth-order valence-corrected chi connectivity index (χ4v) is 1.64. The Morgan fingerprint density at radius 1 is 1.56 bits per heavy atom. The number of nitrogens with one attached hydrogen (secondary N) is 1. The number of pyridine rings is 1. The van der Waals surface area contributed by atoms with Crippen molar-refractivity contribution in [2.24, 2.45) is 0 Å². The Kier molecular flexibility index (Phi) is 5.30. The molecular formula is C13H19N3O2. The maximum absolute atomic E-state index is 11.7. The first-order chi connectivity index (χ1) is 8.58.